The maximum atomic E-state index is 5.84. The molecule has 0 saturated carbocycles. The molecule has 0 amide bonds. The zero-order chi connectivity index (χ0) is 19.9. The molecule has 0 radical (unpaired) electrons. The van der Waals surface area contributed by atoms with Crippen LogP contribution in [0.4, 0.5) is 5.69 Å². The first-order valence-corrected chi connectivity index (χ1v) is 10.3. The SMILES string of the molecule is S=C(Nc1ccc(Oc2ccccc2)cc1)N1CCN(Cc2ccccc2)CC1. The summed E-state index contributed by atoms with van der Waals surface area (Å²) >= 11 is 5.63. The van der Waals surface area contributed by atoms with Crippen LogP contribution in [0.25, 0.3) is 0 Å². The summed E-state index contributed by atoms with van der Waals surface area (Å²) in [7, 11) is 0. The number of hydrogen-bond acceptors (Lipinski definition) is 3. The second-order valence-electron chi connectivity index (χ2n) is 7.12. The fraction of sp³-hybridized carbons (Fsp3) is 0.208. The van der Waals surface area contributed by atoms with Crippen LogP contribution in [0.2, 0.25) is 0 Å². The minimum absolute atomic E-state index is 0.779. The van der Waals surface area contributed by atoms with E-state index in [0.29, 0.717) is 0 Å². The second-order valence-corrected chi connectivity index (χ2v) is 7.51. The minimum atomic E-state index is 0.779. The first-order valence-electron chi connectivity index (χ1n) is 9.91. The summed E-state index contributed by atoms with van der Waals surface area (Å²) in [5.74, 6) is 1.64. The van der Waals surface area contributed by atoms with Crippen molar-refractivity contribution in [2.45, 2.75) is 6.54 Å². The Balaban J connectivity index is 1.25. The molecule has 1 heterocycles. The Hall–Kier alpha value is -2.89. The molecular formula is C24H25N3OS. The summed E-state index contributed by atoms with van der Waals surface area (Å²) in [5, 5.41) is 4.13. The largest absolute Gasteiger partial charge is 0.457 e. The smallest absolute Gasteiger partial charge is 0.173 e. The van der Waals surface area contributed by atoms with E-state index in [1.807, 2.05) is 54.6 Å². The van der Waals surface area contributed by atoms with Crippen molar-refractivity contribution in [2.75, 3.05) is 31.5 Å². The molecule has 3 aromatic carbocycles. The molecule has 1 aliphatic heterocycles. The van der Waals surface area contributed by atoms with E-state index < -0.39 is 0 Å². The number of anilines is 1. The van der Waals surface area contributed by atoms with Gasteiger partial charge in [0.05, 0.1) is 0 Å². The van der Waals surface area contributed by atoms with Gasteiger partial charge < -0.3 is 15.0 Å². The summed E-state index contributed by atoms with van der Waals surface area (Å²) in [6, 6.07) is 28.3. The quantitative estimate of drug-likeness (QED) is 0.606. The lowest BCUT2D eigenvalue weighted by molar-refractivity contribution is 0.177. The number of thiocarbonyl (C=S) groups is 1. The van der Waals surface area contributed by atoms with Gasteiger partial charge >= 0.3 is 0 Å². The minimum Gasteiger partial charge on any atom is -0.457 e. The highest BCUT2D eigenvalue weighted by molar-refractivity contribution is 7.80. The van der Waals surface area contributed by atoms with E-state index >= 15 is 0 Å². The molecule has 3 aromatic rings. The van der Waals surface area contributed by atoms with Crippen LogP contribution in [0.15, 0.2) is 84.9 Å². The summed E-state index contributed by atoms with van der Waals surface area (Å²) < 4.78 is 5.84. The molecule has 1 fully saturated rings. The number of hydrogen-bond donors (Lipinski definition) is 1. The van der Waals surface area contributed by atoms with Crippen LogP contribution in [0.1, 0.15) is 5.56 Å². The van der Waals surface area contributed by atoms with Gasteiger partial charge in [-0.1, -0.05) is 48.5 Å². The van der Waals surface area contributed by atoms with Crippen LogP contribution >= 0.6 is 12.2 Å². The lowest BCUT2D eigenvalue weighted by atomic mass is 10.2. The molecule has 0 spiro atoms. The number of rotatable bonds is 5. The average molecular weight is 404 g/mol. The number of piperazine rings is 1. The van der Waals surface area contributed by atoms with Gasteiger partial charge in [-0.05, 0) is 54.2 Å². The molecule has 1 N–H and O–H groups in total. The fourth-order valence-electron chi connectivity index (χ4n) is 3.38. The third-order valence-electron chi connectivity index (χ3n) is 4.99. The number of benzene rings is 3. The first-order chi connectivity index (χ1) is 14.3. The highest BCUT2D eigenvalue weighted by atomic mass is 32.1. The topological polar surface area (TPSA) is 27.7 Å². The molecule has 148 valence electrons. The molecule has 4 nitrogen and oxygen atoms in total. The number of para-hydroxylation sites is 1. The molecule has 4 rings (SSSR count). The van der Waals surface area contributed by atoms with Crippen molar-refractivity contribution in [2.24, 2.45) is 0 Å². The Labute approximate surface area is 177 Å². The van der Waals surface area contributed by atoms with E-state index in [1.54, 1.807) is 0 Å². The van der Waals surface area contributed by atoms with Gasteiger partial charge in [0.2, 0.25) is 0 Å². The van der Waals surface area contributed by atoms with Crippen LogP contribution in [-0.2, 0) is 6.54 Å². The van der Waals surface area contributed by atoms with Crippen molar-refractivity contribution < 1.29 is 4.74 Å². The van der Waals surface area contributed by atoms with Crippen molar-refractivity contribution in [1.82, 2.24) is 9.80 Å². The van der Waals surface area contributed by atoms with Gasteiger partial charge in [0, 0.05) is 38.4 Å². The molecule has 1 saturated heterocycles. The van der Waals surface area contributed by atoms with Crippen molar-refractivity contribution >= 4 is 23.0 Å². The third-order valence-corrected chi connectivity index (χ3v) is 5.35. The predicted octanol–water partition coefficient (Wildman–Crippen LogP) is 4.99. The zero-order valence-electron chi connectivity index (χ0n) is 16.3. The predicted molar refractivity (Wildman–Crippen MR) is 122 cm³/mol. The van der Waals surface area contributed by atoms with E-state index in [9.17, 15) is 0 Å². The molecule has 0 unspecified atom stereocenters. The number of nitrogens with one attached hydrogen (secondary N) is 1. The Morgan fingerprint density at radius 2 is 1.34 bits per heavy atom. The standard InChI is InChI=1S/C24H25N3OS/c29-24(27-17-15-26(16-18-27)19-20-7-3-1-4-8-20)25-21-11-13-23(14-12-21)28-22-9-5-2-6-10-22/h1-14H,15-19H2,(H,25,29). The zero-order valence-corrected chi connectivity index (χ0v) is 17.1. The summed E-state index contributed by atoms with van der Waals surface area (Å²) in [4.78, 5) is 4.72. The van der Waals surface area contributed by atoms with Gasteiger partial charge in [-0.15, -0.1) is 0 Å². The normalized spacial score (nSPS) is 14.4. The van der Waals surface area contributed by atoms with Crippen molar-refractivity contribution in [3.8, 4) is 11.5 Å². The Bertz CT molecular complexity index is 908. The number of ether oxygens (including phenoxy) is 1. The highest BCUT2D eigenvalue weighted by Gasteiger charge is 2.19. The van der Waals surface area contributed by atoms with Gasteiger partial charge in [0.1, 0.15) is 11.5 Å². The van der Waals surface area contributed by atoms with E-state index in [2.05, 4.69) is 45.4 Å². The summed E-state index contributed by atoms with van der Waals surface area (Å²) in [6.07, 6.45) is 0. The maximum Gasteiger partial charge on any atom is 0.173 e. The van der Waals surface area contributed by atoms with Crippen LogP contribution < -0.4 is 10.1 Å². The summed E-state index contributed by atoms with van der Waals surface area (Å²) in [5.41, 5.74) is 2.33. The Morgan fingerprint density at radius 1 is 0.759 bits per heavy atom. The van der Waals surface area contributed by atoms with Crippen molar-refractivity contribution in [3.05, 3.63) is 90.5 Å². The molecular weight excluding hydrogens is 378 g/mol. The lowest BCUT2D eigenvalue weighted by Gasteiger charge is -2.36. The summed E-state index contributed by atoms with van der Waals surface area (Å²) in [6.45, 7) is 4.90. The van der Waals surface area contributed by atoms with Crippen LogP contribution in [0.3, 0.4) is 0 Å². The van der Waals surface area contributed by atoms with E-state index in [-0.39, 0.29) is 0 Å². The maximum absolute atomic E-state index is 5.84. The van der Waals surface area contributed by atoms with Crippen LogP contribution in [0.5, 0.6) is 11.5 Å². The first kappa shape index (κ1) is 19.4. The van der Waals surface area contributed by atoms with Gasteiger partial charge in [-0.2, -0.15) is 0 Å². The van der Waals surface area contributed by atoms with E-state index in [0.717, 1.165) is 55.0 Å². The molecule has 0 aliphatic carbocycles. The molecule has 29 heavy (non-hydrogen) atoms. The van der Waals surface area contributed by atoms with E-state index in [4.69, 9.17) is 17.0 Å². The molecule has 5 heteroatoms. The Kier molecular flexibility index (Phi) is 6.39. The van der Waals surface area contributed by atoms with Gasteiger partial charge in [-0.25, -0.2) is 0 Å². The second kappa shape index (κ2) is 9.54. The van der Waals surface area contributed by atoms with Crippen molar-refractivity contribution in [3.63, 3.8) is 0 Å². The van der Waals surface area contributed by atoms with Crippen LogP contribution in [0, 0.1) is 0 Å². The van der Waals surface area contributed by atoms with E-state index in [1.165, 1.54) is 5.56 Å². The van der Waals surface area contributed by atoms with Gasteiger partial charge in [-0.3, -0.25) is 4.90 Å². The molecule has 1 aliphatic rings. The molecule has 0 bridgehead atoms. The molecule has 0 aromatic heterocycles. The fourth-order valence-corrected chi connectivity index (χ4v) is 3.68. The average Bonchev–Trinajstić information content (AvgIpc) is 2.77. The van der Waals surface area contributed by atoms with Crippen LogP contribution in [-0.4, -0.2) is 41.1 Å². The van der Waals surface area contributed by atoms with Gasteiger partial charge in [0.25, 0.3) is 0 Å². The van der Waals surface area contributed by atoms with Crippen molar-refractivity contribution in [1.29, 1.82) is 0 Å². The lowest BCUT2D eigenvalue weighted by Crippen LogP contribution is -2.49. The number of nitrogens with zero attached hydrogens (tertiary/aromatic N) is 2. The molecule has 0 atom stereocenters. The monoisotopic (exact) mass is 403 g/mol. The highest BCUT2D eigenvalue weighted by Crippen LogP contribution is 2.23. The Morgan fingerprint density at radius 3 is 2.00 bits per heavy atom. The third kappa shape index (κ3) is 5.56. The van der Waals surface area contributed by atoms with Gasteiger partial charge in [0.15, 0.2) is 5.11 Å².